The van der Waals surface area contributed by atoms with Gasteiger partial charge < -0.3 is 10.1 Å². The number of esters is 1. The lowest BCUT2D eigenvalue weighted by atomic mass is 10.0. The number of ether oxygens (including phenoxy) is 1. The van der Waals surface area contributed by atoms with Crippen molar-refractivity contribution in [1.29, 1.82) is 0 Å². The first-order chi connectivity index (χ1) is 14.4. The van der Waals surface area contributed by atoms with Gasteiger partial charge in [-0.3, -0.25) is 4.79 Å². The Hall–Kier alpha value is -3.28. The van der Waals surface area contributed by atoms with E-state index in [0.717, 1.165) is 29.8 Å². The van der Waals surface area contributed by atoms with Gasteiger partial charge >= 0.3 is 5.97 Å². The van der Waals surface area contributed by atoms with Crippen molar-refractivity contribution < 1.29 is 14.3 Å². The summed E-state index contributed by atoms with van der Waals surface area (Å²) < 4.78 is 5.42. The molecule has 0 unspecified atom stereocenters. The van der Waals surface area contributed by atoms with Crippen molar-refractivity contribution in [3.63, 3.8) is 0 Å². The zero-order chi connectivity index (χ0) is 21.7. The van der Waals surface area contributed by atoms with Gasteiger partial charge in [0.2, 0.25) is 0 Å². The van der Waals surface area contributed by atoms with E-state index in [1.807, 2.05) is 44.2 Å². The van der Waals surface area contributed by atoms with Gasteiger partial charge in [0.25, 0.3) is 5.91 Å². The monoisotopic (exact) mass is 405 g/mol. The molecule has 6 heteroatoms. The molecule has 1 N–H and O–H groups in total. The second kappa shape index (κ2) is 9.48. The molecule has 2 aromatic carbocycles. The van der Waals surface area contributed by atoms with E-state index in [4.69, 9.17) is 4.74 Å². The normalized spacial score (nSPS) is 12.9. The van der Waals surface area contributed by atoms with E-state index in [0.29, 0.717) is 16.6 Å². The maximum atomic E-state index is 12.7. The van der Waals surface area contributed by atoms with Crippen LogP contribution in [0.1, 0.15) is 60.0 Å². The third kappa shape index (κ3) is 5.00. The molecular weight excluding hydrogens is 378 g/mol. The highest BCUT2D eigenvalue weighted by atomic mass is 16.5. The summed E-state index contributed by atoms with van der Waals surface area (Å²) in [5, 5.41) is 3.00. The molecule has 0 aliphatic rings. The van der Waals surface area contributed by atoms with E-state index in [-0.39, 0.29) is 11.9 Å². The highest BCUT2D eigenvalue weighted by Gasteiger charge is 2.22. The van der Waals surface area contributed by atoms with E-state index in [1.165, 1.54) is 0 Å². The van der Waals surface area contributed by atoms with E-state index >= 15 is 0 Å². The number of aryl methyl sites for hydroxylation is 2. The SMILES string of the molecule is CCC[C@@H](NC(=O)[C@@H](C)OC(=O)c1ccc2nc(C)c(C)nc2c1)c1ccccc1. The number of fused-ring (bicyclic) bond motifs is 1. The van der Waals surface area contributed by atoms with Crippen molar-refractivity contribution in [3.05, 3.63) is 71.0 Å². The fraction of sp³-hybridized carbons (Fsp3) is 0.333. The Morgan fingerprint density at radius 2 is 1.67 bits per heavy atom. The average molecular weight is 405 g/mol. The third-order valence-corrected chi connectivity index (χ3v) is 5.06. The van der Waals surface area contributed by atoms with E-state index in [2.05, 4.69) is 22.2 Å². The van der Waals surface area contributed by atoms with Crippen molar-refractivity contribution >= 4 is 22.9 Å². The molecule has 156 valence electrons. The predicted molar refractivity (Wildman–Crippen MR) is 116 cm³/mol. The Bertz CT molecular complexity index is 1050. The average Bonchev–Trinajstić information content (AvgIpc) is 2.74. The van der Waals surface area contributed by atoms with Gasteiger partial charge in [-0.2, -0.15) is 0 Å². The zero-order valence-corrected chi connectivity index (χ0v) is 17.8. The molecule has 0 fully saturated rings. The molecule has 1 aromatic heterocycles. The molecular formula is C24H27N3O3. The minimum atomic E-state index is -0.915. The van der Waals surface area contributed by atoms with Crippen LogP contribution < -0.4 is 5.32 Å². The number of rotatable bonds is 7. The van der Waals surface area contributed by atoms with Gasteiger partial charge in [0.1, 0.15) is 0 Å². The number of carbonyl (C=O) groups is 2. The molecule has 1 heterocycles. The lowest BCUT2D eigenvalue weighted by Gasteiger charge is -2.21. The lowest BCUT2D eigenvalue weighted by Crippen LogP contribution is -2.38. The predicted octanol–water partition coefficient (Wildman–Crippen LogP) is 4.45. The molecule has 0 saturated heterocycles. The Balaban J connectivity index is 1.69. The van der Waals surface area contributed by atoms with Crippen molar-refractivity contribution in [1.82, 2.24) is 15.3 Å². The minimum Gasteiger partial charge on any atom is -0.449 e. The number of benzene rings is 2. The summed E-state index contributed by atoms with van der Waals surface area (Å²) in [4.78, 5) is 34.2. The number of nitrogens with zero attached hydrogens (tertiary/aromatic N) is 2. The lowest BCUT2D eigenvalue weighted by molar-refractivity contribution is -0.129. The van der Waals surface area contributed by atoms with Crippen LogP contribution in [-0.4, -0.2) is 27.9 Å². The number of nitrogens with one attached hydrogen (secondary N) is 1. The van der Waals surface area contributed by atoms with E-state index in [9.17, 15) is 9.59 Å². The number of amides is 1. The Morgan fingerprint density at radius 3 is 2.33 bits per heavy atom. The van der Waals surface area contributed by atoms with Gasteiger partial charge in [-0.25, -0.2) is 14.8 Å². The molecule has 0 aliphatic heterocycles. The molecule has 0 radical (unpaired) electrons. The number of hydrogen-bond acceptors (Lipinski definition) is 5. The Morgan fingerprint density at radius 1 is 1.00 bits per heavy atom. The summed E-state index contributed by atoms with van der Waals surface area (Å²) in [5.41, 5.74) is 4.37. The van der Waals surface area contributed by atoms with Crippen LogP contribution in [0.5, 0.6) is 0 Å². The fourth-order valence-corrected chi connectivity index (χ4v) is 3.23. The second-order valence-electron chi connectivity index (χ2n) is 7.41. The maximum Gasteiger partial charge on any atom is 0.338 e. The summed E-state index contributed by atoms with van der Waals surface area (Å²) in [6, 6.07) is 14.7. The van der Waals surface area contributed by atoms with Gasteiger partial charge in [0, 0.05) is 0 Å². The van der Waals surface area contributed by atoms with Gasteiger partial charge in [0.05, 0.1) is 34.0 Å². The Labute approximate surface area is 176 Å². The molecule has 0 bridgehead atoms. The van der Waals surface area contributed by atoms with Crippen molar-refractivity contribution in [3.8, 4) is 0 Å². The first kappa shape index (κ1) is 21.4. The first-order valence-corrected chi connectivity index (χ1v) is 10.2. The number of aromatic nitrogens is 2. The Kier molecular flexibility index (Phi) is 6.77. The highest BCUT2D eigenvalue weighted by Crippen LogP contribution is 2.19. The molecule has 2 atom stereocenters. The molecule has 0 spiro atoms. The molecule has 0 aliphatic carbocycles. The van der Waals surface area contributed by atoms with Crippen LogP contribution >= 0.6 is 0 Å². The van der Waals surface area contributed by atoms with Crippen LogP contribution in [0.15, 0.2) is 48.5 Å². The van der Waals surface area contributed by atoms with Crippen LogP contribution in [-0.2, 0) is 9.53 Å². The largest absolute Gasteiger partial charge is 0.449 e. The van der Waals surface area contributed by atoms with Gasteiger partial charge in [-0.15, -0.1) is 0 Å². The zero-order valence-electron chi connectivity index (χ0n) is 17.8. The molecule has 30 heavy (non-hydrogen) atoms. The van der Waals surface area contributed by atoms with Crippen LogP contribution in [0.3, 0.4) is 0 Å². The van der Waals surface area contributed by atoms with E-state index in [1.54, 1.807) is 25.1 Å². The molecule has 6 nitrogen and oxygen atoms in total. The smallest absolute Gasteiger partial charge is 0.338 e. The van der Waals surface area contributed by atoms with Crippen molar-refractivity contribution in [2.24, 2.45) is 0 Å². The van der Waals surface area contributed by atoms with Crippen LogP contribution in [0.25, 0.3) is 11.0 Å². The maximum absolute atomic E-state index is 12.7. The van der Waals surface area contributed by atoms with Gasteiger partial charge in [0.15, 0.2) is 6.10 Å². The highest BCUT2D eigenvalue weighted by molar-refractivity contribution is 5.95. The summed E-state index contributed by atoms with van der Waals surface area (Å²) in [6.45, 7) is 7.41. The van der Waals surface area contributed by atoms with Crippen LogP contribution in [0, 0.1) is 13.8 Å². The summed E-state index contributed by atoms with van der Waals surface area (Å²) in [5.74, 6) is -0.885. The van der Waals surface area contributed by atoms with Gasteiger partial charge in [-0.1, -0.05) is 43.7 Å². The second-order valence-corrected chi connectivity index (χ2v) is 7.41. The molecule has 0 saturated carbocycles. The van der Waals surface area contributed by atoms with E-state index < -0.39 is 12.1 Å². The molecule has 3 aromatic rings. The topological polar surface area (TPSA) is 81.2 Å². The van der Waals surface area contributed by atoms with Gasteiger partial charge in [-0.05, 0) is 51.0 Å². The quantitative estimate of drug-likeness (QED) is 0.587. The number of hydrogen-bond donors (Lipinski definition) is 1. The molecule has 1 amide bonds. The van der Waals surface area contributed by atoms with Crippen molar-refractivity contribution in [2.75, 3.05) is 0 Å². The third-order valence-electron chi connectivity index (χ3n) is 5.06. The standard InChI is InChI=1S/C24H27N3O3/c1-5-9-20(18-10-7-6-8-11-18)27-23(28)17(4)30-24(29)19-12-13-21-22(14-19)26-16(3)15(2)25-21/h6-8,10-14,17,20H,5,9H2,1-4H3,(H,27,28)/t17-,20-/m1/s1. The van der Waals surface area contributed by atoms with Crippen LogP contribution in [0.4, 0.5) is 0 Å². The summed E-state index contributed by atoms with van der Waals surface area (Å²) in [7, 11) is 0. The number of carbonyl (C=O) groups excluding carboxylic acids is 2. The fourth-order valence-electron chi connectivity index (χ4n) is 3.23. The summed E-state index contributed by atoms with van der Waals surface area (Å²) >= 11 is 0. The van der Waals surface area contributed by atoms with Crippen LogP contribution in [0.2, 0.25) is 0 Å². The molecule has 3 rings (SSSR count). The minimum absolute atomic E-state index is 0.119. The van der Waals surface area contributed by atoms with Crippen molar-refractivity contribution in [2.45, 2.75) is 52.7 Å². The summed E-state index contributed by atoms with van der Waals surface area (Å²) in [6.07, 6.45) is 0.811. The first-order valence-electron chi connectivity index (χ1n) is 10.2.